The van der Waals surface area contributed by atoms with Gasteiger partial charge in [-0.3, -0.25) is 4.79 Å². The maximum absolute atomic E-state index is 12.7. The highest BCUT2D eigenvalue weighted by atomic mass is 32.2. The predicted octanol–water partition coefficient (Wildman–Crippen LogP) is 3.29. The summed E-state index contributed by atoms with van der Waals surface area (Å²) in [5.41, 5.74) is 0.791. The lowest BCUT2D eigenvalue weighted by Crippen LogP contribution is -2.37. The number of nitrogens with zero attached hydrogens (tertiary/aromatic N) is 2. The van der Waals surface area contributed by atoms with Gasteiger partial charge in [-0.15, -0.1) is 11.3 Å². The van der Waals surface area contributed by atoms with Gasteiger partial charge in [0.1, 0.15) is 5.01 Å². The van der Waals surface area contributed by atoms with Gasteiger partial charge < -0.3 is 9.64 Å². The highest BCUT2D eigenvalue weighted by Crippen LogP contribution is 2.23. The molecule has 0 aliphatic rings. The summed E-state index contributed by atoms with van der Waals surface area (Å²) in [5, 5.41) is 0.768. The van der Waals surface area contributed by atoms with Crippen molar-refractivity contribution in [3.8, 4) is 0 Å². The van der Waals surface area contributed by atoms with E-state index in [0.29, 0.717) is 0 Å². The van der Waals surface area contributed by atoms with Crippen LogP contribution in [0.1, 0.15) is 29.2 Å². The van der Waals surface area contributed by atoms with Gasteiger partial charge >= 0.3 is 5.97 Å². The third-order valence-electron chi connectivity index (χ3n) is 4.54. The number of carbonyl (C=O) groups excluding carboxylic acids is 2. The number of amides is 1. The molecule has 0 saturated heterocycles. The third kappa shape index (κ3) is 4.68. The van der Waals surface area contributed by atoms with E-state index in [-0.39, 0.29) is 22.8 Å². The molecule has 7 nitrogen and oxygen atoms in total. The summed E-state index contributed by atoms with van der Waals surface area (Å²) in [6.07, 6.45) is -1.07. The van der Waals surface area contributed by atoms with E-state index in [2.05, 4.69) is 4.98 Å². The van der Waals surface area contributed by atoms with E-state index in [1.165, 1.54) is 42.2 Å². The minimum absolute atomic E-state index is 0.0761. The molecule has 1 atom stereocenters. The molecule has 3 rings (SSSR count). The van der Waals surface area contributed by atoms with Crippen molar-refractivity contribution in [3.05, 3.63) is 59.1 Å². The zero-order chi connectivity index (χ0) is 21.9. The van der Waals surface area contributed by atoms with Gasteiger partial charge in [0, 0.05) is 7.05 Å². The Bertz CT molecular complexity index is 1150. The van der Waals surface area contributed by atoms with Crippen LogP contribution in [0.2, 0.25) is 0 Å². The summed E-state index contributed by atoms with van der Waals surface area (Å²) in [6, 6.07) is 13.5. The molecular formula is C21H22N2O5S2. The molecule has 9 heteroatoms. The Labute approximate surface area is 179 Å². The van der Waals surface area contributed by atoms with Crippen LogP contribution in [-0.2, 0) is 25.9 Å². The van der Waals surface area contributed by atoms with E-state index in [4.69, 9.17) is 4.74 Å². The first-order valence-corrected chi connectivity index (χ1v) is 11.8. The number of aromatic nitrogens is 1. The molecule has 0 spiro atoms. The van der Waals surface area contributed by atoms with Crippen LogP contribution in [0, 0.1) is 0 Å². The Morgan fingerprint density at radius 2 is 1.80 bits per heavy atom. The number of ether oxygens (including phenoxy) is 1. The topological polar surface area (TPSA) is 93.6 Å². The van der Waals surface area contributed by atoms with Crippen LogP contribution in [0.5, 0.6) is 0 Å². The van der Waals surface area contributed by atoms with Gasteiger partial charge in [-0.1, -0.05) is 31.2 Å². The fourth-order valence-corrected chi connectivity index (χ4v) is 5.02. The van der Waals surface area contributed by atoms with E-state index < -0.39 is 27.8 Å². The number of carbonyl (C=O) groups is 2. The van der Waals surface area contributed by atoms with Crippen molar-refractivity contribution in [1.82, 2.24) is 9.88 Å². The van der Waals surface area contributed by atoms with Crippen LogP contribution in [-0.4, -0.2) is 49.1 Å². The minimum Gasteiger partial charge on any atom is -0.449 e. The number of sulfone groups is 1. The van der Waals surface area contributed by atoms with Crippen molar-refractivity contribution in [2.24, 2.45) is 0 Å². The fraction of sp³-hybridized carbons (Fsp3) is 0.286. The maximum atomic E-state index is 12.7. The molecule has 158 valence electrons. The van der Waals surface area contributed by atoms with Crippen LogP contribution in [0.25, 0.3) is 10.2 Å². The Kier molecular flexibility index (Phi) is 6.52. The number of fused-ring (bicyclic) bond motifs is 1. The monoisotopic (exact) mass is 446 g/mol. The molecule has 0 radical (unpaired) electrons. The molecule has 1 amide bonds. The summed E-state index contributed by atoms with van der Waals surface area (Å²) in [4.78, 5) is 31.1. The van der Waals surface area contributed by atoms with Crippen molar-refractivity contribution in [3.63, 3.8) is 0 Å². The molecule has 1 aromatic heterocycles. The summed E-state index contributed by atoms with van der Waals surface area (Å²) >= 11 is 1.49. The summed E-state index contributed by atoms with van der Waals surface area (Å²) in [5.74, 6) is -1.40. The van der Waals surface area contributed by atoms with E-state index in [1.54, 1.807) is 19.2 Å². The van der Waals surface area contributed by atoms with Crippen molar-refractivity contribution >= 4 is 43.3 Å². The maximum Gasteiger partial charge on any atom is 0.340 e. The van der Waals surface area contributed by atoms with Crippen LogP contribution < -0.4 is 0 Å². The fourth-order valence-electron chi connectivity index (χ4n) is 2.92. The molecule has 30 heavy (non-hydrogen) atoms. The van der Waals surface area contributed by atoms with E-state index in [9.17, 15) is 18.0 Å². The standard InChI is InChI=1S/C21H22N2O5S2/c1-4-30(26,27)18-12-8-5-9-15(18)21(25)28-14(2)20(24)23(3)13-19-22-16-10-6-7-11-17(16)29-19/h5-12,14H,4,13H2,1-3H3. The van der Waals surface area contributed by atoms with Crippen molar-refractivity contribution in [1.29, 1.82) is 0 Å². The Hall–Kier alpha value is -2.78. The number of rotatable bonds is 7. The molecule has 2 aromatic carbocycles. The van der Waals surface area contributed by atoms with Gasteiger partial charge in [-0.05, 0) is 31.2 Å². The van der Waals surface area contributed by atoms with Crippen molar-refractivity contribution < 1.29 is 22.7 Å². The minimum atomic E-state index is -3.60. The Balaban J connectivity index is 1.70. The second-order valence-electron chi connectivity index (χ2n) is 6.72. The summed E-state index contributed by atoms with van der Waals surface area (Å²) < 4.78 is 30.8. The van der Waals surface area contributed by atoms with Gasteiger partial charge in [-0.25, -0.2) is 18.2 Å². The Morgan fingerprint density at radius 3 is 2.50 bits per heavy atom. The highest BCUT2D eigenvalue weighted by Gasteiger charge is 2.26. The van der Waals surface area contributed by atoms with Crippen LogP contribution in [0.3, 0.4) is 0 Å². The van der Waals surface area contributed by atoms with Gasteiger partial charge in [0.15, 0.2) is 15.9 Å². The zero-order valence-electron chi connectivity index (χ0n) is 16.9. The van der Waals surface area contributed by atoms with Gasteiger partial charge in [-0.2, -0.15) is 0 Å². The molecule has 0 saturated carbocycles. The number of hydrogen-bond acceptors (Lipinski definition) is 7. The average Bonchev–Trinajstić information content (AvgIpc) is 3.15. The van der Waals surface area contributed by atoms with Crippen molar-refractivity contribution in [2.75, 3.05) is 12.8 Å². The largest absolute Gasteiger partial charge is 0.449 e. The number of para-hydroxylation sites is 1. The predicted molar refractivity (Wildman–Crippen MR) is 115 cm³/mol. The number of esters is 1. The molecule has 0 aliphatic heterocycles. The normalized spacial score (nSPS) is 12.5. The van der Waals surface area contributed by atoms with Crippen LogP contribution in [0.15, 0.2) is 53.4 Å². The third-order valence-corrected chi connectivity index (χ3v) is 7.35. The van der Waals surface area contributed by atoms with E-state index in [0.717, 1.165) is 15.2 Å². The van der Waals surface area contributed by atoms with Gasteiger partial charge in [0.05, 0.1) is 33.0 Å². The summed E-state index contributed by atoms with van der Waals surface area (Å²) in [7, 11) is -2.00. The molecule has 0 bridgehead atoms. The molecule has 3 aromatic rings. The first-order chi connectivity index (χ1) is 14.2. The smallest absolute Gasteiger partial charge is 0.340 e. The summed E-state index contributed by atoms with van der Waals surface area (Å²) in [6.45, 7) is 3.24. The molecule has 0 aliphatic carbocycles. The lowest BCUT2D eigenvalue weighted by Gasteiger charge is -2.21. The first-order valence-electron chi connectivity index (χ1n) is 9.35. The molecule has 1 unspecified atom stereocenters. The van der Waals surface area contributed by atoms with Crippen LogP contribution >= 0.6 is 11.3 Å². The average molecular weight is 447 g/mol. The zero-order valence-corrected chi connectivity index (χ0v) is 18.5. The molecule has 0 N–H and O–H groups in total. The quantitative estimate of drug-likeness (QED) is 0.517. The van der Waals surface area contributed by atoms with Gasteiger partial charge in [0.2, 0.25) is 0 Å². The lowest BCUT2D eigenvalue weighted by molar-refractivity contribution is -0.139. The molecule has 1 heterocycles. The second-order valence-corrected chi connectivity index (χ2v) is 10.1. The van der Waals surface area contributed by atoms with E-state index in [1.807, 2.05) is 24.3 Å². The van der Waals surface area contributed by atoms with Crippen molar-refractivity contribution in [2.45, 2.75) is 31.4 Å². The highest BCUT2D eigenvalue weighted by molar-refractivity contribution is 7.91. The van der Waals surface area contributed by atoms with E-state index >= 15 is 0 Å². The number of likely N-dealkylation sites (N-methyl/N-ethyl adjacent to an activating group) is 1. The number of hydrogen-bond donors (Lipinski definition) is 0. The molecule has 0 fully saturated rings. The Morgan fingerprint density at radius 1 is 1.13 bits per heavy atom. The second kappa shape index (κ2) is 8.93. The number of thiazole rings is 1. The SMILES string of the molecule is CCS(=O)(=O)c1ccccc1C(=O)OC(C)C(=O)N(C)Cc1nc2ccccc2s1. The first kappa shape index (κ1) is 21.9. The van der Waals surface area contributed by atoms with Crippen LogP contribution in [0.4, 0.5) is 0 Å². The number of benzene rings is 2. The van der Waals surface area contributed by atoms with Gasteiger partial charge in [0.25, 0.3) is 5.91 Å². The lowest BCUT2D eigenvalue weighted by atomic mass is 10.2. The molecular weight excluding hydrogens is 424 g/mol.